The molecule has 4 aliphatic heterocycles. The third-order valence-electron chi connectivity index (χ3n) is 8.52. The fraction of sp³-hybridized carbons (Fsp3) is 0.731. The molecule has 0 aromatic carbocycles. The number of ether oxygens (including phenoxy) is 2. The lowest BCUT2D eigenvalue weighted by Crippen LogP contribution is -2.58. The number of rotatable bonds is 4. The average Bonchev–Trinajstić information content (AvgIpc) is 3.21. The van der Waals surface area contributed by atoms with Gasteiger partial charge in [0.05, 0.1) is 19.1 Å². The Balaban J connectivity index is 1.62. The summed E-state index contributed by atoms with van der Waals surface area (Å²) in [5.41, 5.74) is -2.29. The minimum absolute atomic E-state index is 0.0277. The van der Waals surface area contributed by atoms with E-state index in [0.29, 0.717) is 26.0 Å². The minimum Gasteiger partial charge on any atom is -0.465 e. The Morgan fingerprint density at radius 1 is 1.03 bits per heavy atom. The quantitative estimate of drug-likeness (QED) is 0.496. The maximum absolute atomic E-state index is 14.2. The topological polar surface area (TPSA) is 96.4 Å². The van der Waals surface area contributed by atoms with Crippen molar-refractivity contribution in [1.29, 1.82) is 0 Å². The number of hydrogen-bond donors (Lipinski definition) is 1. The third kappa shape index (κ3) is 3.44. The Hall–Kier alpha value is -2.19. The molecule has 1 N–H and O–H groups in total. The van der Waals surface area contributed by atoms with Gasteiger partial charge in [-0.25, -0.2) is 0 Å². The Kier molecular flexibility index (Phi) is 6.31. The third-order valence-corrected chi connectivity index (χ3v) is 8.52. The van der Waals surface area contributed by atoms with Crippen LogP contribution in [-0.4, -0.2) is 82.3 Å². The molecule has 1 spiro atoms. The zero-order chi connectivity index (χ0) is 23.9. The molecule has 5 aliphatic rings. The number of aliphatic hydroxyl groups excluding tert-OH is 1. The molecular formula is C26H36N2O6. The highest BCUT2D eigenvalue weighted by atomic mass is 16.6. The summed E-state index contributed by atoms with van der Waals surface area (Å²) in [7, 11) is 0. The standard InChI is InChI=1S/C26H36N2O6/c1-2-25-12-7-4-8-17-33-24(32)20(25)19-22(30)28(15-16-29)21-23(31)27(18-10-5-3-6-11-18)14-9-13-26(19,21)34-25/h7,9,12-13,18-21,29H,2-6,8,10-11,14-17H2,1H3/b12-7-/t19-,20+,21?,25-,26-/m0/s1. The van der Waals surface area contributed by atoms with Crippen molar-refractivity contribution < 1.29 is 29.0 Å². The van der Waals surface area contributed by atoms with Crippen molar-refractivity contribution in [2.75, 3.05) is 26.3 Å². The summed E-state index contributed by atoms with van der Waals surface area (Å²) < 4.78 is 12.5. The Labute approximate surface area is 200 Å². The fourth-order valence-electron chi connectivity index (χ4n) is 6.96. The monoisotopic (exact) mass is 472 g/mol. The number of fused-ring (bicyclic) bond motifs is 2. The maximum Gasteiger partial charge on any atom is 0.313 e. The number of nitrogens with zero attached hydrogens (tertiary/aromatic N) is 2. The minimum atomic E-state index is -1.27. The van der Waals surface area contributed by atoms with E-state index in [2.05, 4.69) is 0 Å². The lowest BCUT2D eigenvalue weighted by molar-refractivity contribution is -0.161. The van der Waals surface area contributed by atoms with Crippen molar-refractivity contribution in [3.05, 3.63) is 24.3 Å². The van der Waals surface area contributed by atoms with Crippen LogP contribution in [-0.2, 0) is 23.9 Å². The lowest BCUT2D eigenvalue weighted by Gasteiger charge is -2.40. The van der Waals surface area contributed by atoms with E-state index in [9.17, 15) is 19.5 Å². The van der Waals surface area contributed by atoms with E-state index in [-0.39, 0.29) is 31.0 Å². The number of likely N-dealkylation sites (tertiary alicyclic amines) is 1. The molecule has 1 unspecified atom stereocenters. The summed E-state index contributed by atoms with van der Waals surface area (Å²) in [5, 5.41) is 9.79. The second-order valence-corrected chi connectivity index (χ2v) is 10.3. The van der Waals surface area contributed by atoms with E-state index in [1.807, 2.05) is 36.1 Å². The van der Waals surface area contributed by atoms with E-state index < -0.39 is 35.0 Å². The van der Waals surface area contributed by atoms with Crippen molar-refractivity contribution in [1.82, 2.24) is 9.80 Å². The van der Waals surface area contributed by atoms with E-state index in [0.717, 1.165) is 32.1 Å². The Morgan fingerprint density at radius 3 is 2.56 bits per heavy atom. The van der Waals surface area contributed by atoms with Gasteiger partial charge in [0.1, 0.15) is 23.2 Å². The van der Waals surface area contributed by atoms with Gasteiger partial charge in [0.15, 0.2) is 0 Å². The van der Waals surface area contributed by atoms with Gasteiger partial charge >= 0.3 is 5.97 Å². The SMILES string of the molecule is CC[C@]12/C=C\CCCOC(=O)[C@H]1[C@H]1C(=O)N(CCO)C3C(=O)N(C4CCCCC4)CC=C[C@@]31O2. The van der Waals surface area contributed by atoms with Crippen LogP contribution in [0, 0.1) is 11.8 Å². The van der Waals surface area contributed by atoms with Crippen LogP contribution in [0.5, 0.6) is 0 Å². The number of hydrogen-bond acceptors (Lipinski definition) is 6. The Morgan fingerprint density at radius 2 is 1.82 bits per heavy atom. The van der Waals surface area contributed by atoms with Crippen LogP contribution in [0.25, 0.3) is 0 Å². The zero-order valence-electron chi connectivity index (χ0n) is 20.0. The molecule has 0 aromatic heterocycles. The molecule has 8 heteroatoms. The van der Waals surface area contributed by atoms with Crippen LogP contribution in [0.15, 0.2) is 24.3 Å². The van der Waals surface area contributed by atoms with Crippen LogP contribution < -0.4 is 0 Å². The van der Waals surface area contributed by atoms with Crippen molar-refractivity contribution in [3.8, 4) is 0 Å². The first-order valence-corrected chi connectivity index (χ1v) is 12.9. The van der Waals surface area contributed by atoms with Crippen molar-refractivity contribution >= 4 is 17.8 Å². The van der Waals surface area contributed by atoms with Crippen LogP contribution in [0.1, 0.15) is 58.3 Å². The first-order chi connectivity index (χ1) is 16.5. The number of allylic oxidation sites excluding steroid dienone is 1. The van der Waals surface area contributed by atoms with E-state index in [1.165, 1.54) is 11.3 Å². The molecule has 0 aromatic rings. The van der Waals surface area contributed by atoms with Gasteiger partial charge in [-0.05, 0) is 32.1 Å². The second kappa shape index (κ2) is 9.11. The predicted molar refractivity (Wildman–Crippen MR) is 123 cm³/mol. The van der Waals surface area contributed by atoms with Gasteiger partial charge in [-0.15, -0.1) is 0 Å². The average molecular weight is 473 g/mol. The van der Waals surface area contributed by atoms with E-state index in [1.54, 1.807) is 0 Å². The summed E-state index contributed by atoms with van der Waals surface area (Å²) in [6, 6.07) is -0.771. The molecular weight excluding hydrogens is 436 g/mol. The van der Waals surface area contributed by atoms with Gasteiger partial charge in [0.2, 0.25) is 11.8 Å². The van der Waals surface area contributed by atoms with Crippen LogP contribution in [0.2, 0.25) is 0 Å². The zero-order valence-corrected chi connectivity index (χ0v) is 20.0. The van der Waals surface area contributed by atoms with E-state index in [4.69, 9.17) is 9.47 Å². The molecule has 1 aliphatic carbocycles. The van der Waals surface area contributed by atoms with Gasteiger partial charge in [0.25, 0.3) is 0 Å². The molecule has 1 saturated carbocycles. The van der Waals surface area contributed by atoms with Gasteiger partial charge in [-0.3, -0.25) is 14.4 Å². The molecule has 0 bridgehead atoms. The largest absolute Gasteiger partial charge is 0.465 e. The smallest absolute Gasteiger partial charge is 0.313 e. The molecule has 2 saturated heterocycles. The summed E-state index contributed by atoms with van der Waals surface area (Å²) in [6.07, 6.45) is 15.0. The molecule has 5 atom stereocenters. The lowest BCUT2D eigenvalue weighted by atomic mass is 9.73. The highest BCUT2D eigenvalue weighted by molar-refractivity contribution is 5.99. The number of aliphatic hydroxyl groups is 1. The number of carbonyl (C=O) groups is 3. The first-order valence-electron chi connectivity index (χ1n) is 12.9. The highest BCUT2D eigenvalue weighted by Gasteiger charge is 2.75. The number of esters is 1. The molecule has 8 nitrogen and oxygen atoms in total. The molecule has 3 fully saturated rings. The summed E-state index contributed by atoms with van der Waals surface area (Å²) in [4.78, 5) is 44.8. The molecule has 0 radical (unpaired) electrons. The summed E-state index contributed by atoms with van der Waals surface area (Å²) >= 11 is 0. The van der Waals surface area contributed by atoms with Gasteiger partial charge < -0.3 is 24.4 Å². The molecule has 5 rings (SSSR count). The van der Waals surface area contributed by atoms with Crippen molar-refractivity contribution in [2.24, 2.45) is 11.8 Å². The predicted octanol–water partition coefficient (Wildman–Crippen LogP) is 1.96. The summed E-state index contributed by atoms with van der Waals surface area (Å²) in [6.45, 7) is 2.46. The number of carbonyl (C=O) groups excluding carboxylic acids is 3. The molecule has 4 heterocycles. The van der Waals surface area contributed by atoms with E-state index >= 15 is 0 Å². The maximum atomic E-state index is 14.2. The highest BCUT2D eigenvalue weighted by Crippen LogP contribution is 2.58. The van der Waals surface area contributed by atoms with Gasteiger partial charge in [-0.1, -0.05) is 50.5 Å². The first kappa shape index (κ1) is 23.5. The van der Waals surface area contributed by atoms with Gasteiger partial charge in [0, 0.05) is 19.1 Å². The van der Waals surface area contributed by atoms with Crippen LogP contribution >= 0.6 is 0 Å². The van der Waals surface area contributed by atoms with Crippen molar-refractivity contribution in [2.45, 2.75) is 81.6 Å². The Bertz CT molecular complexity index is 896. The number of β-amino-alcohol motifs (C(OH)–C–C–N with tert-alkyl or cyclic N) is 1. The van der Waals surface area contributed by atoms with Crippen molar-refractivity contribution in [3.63, 3.8) is 0 Å². The molecule has 186 valence electrons. The molecule has 34 heavy (non-hydrogen) atoms. The van der Waals surface area contributed by atoms with Gasteiger partial charge in [-0.2, -0.15) is 0 Å². The fourth-order valence-corrected chi connectivity index (χ4v) is 6.96. The normalized spacial score (nSPS) is 39.5. The van der Waals surface area contributed by atoms with Crippen LogP contribution in [0.4, 0.5) is 0 Å². The van der Waals surface area contributed by atoms with Crippen LogP contribution in [0.3, 0.4) is 0 Å². The molecule has 2 amide bonds. The number of cyclic esters (lactones) is 1. The second-order valence-electron chi connectivity index (χ2n) is 10.3. The summed E-state index contributed by atoms with van der Waals surface area (Å²) in [5.74, 6) is -2.61. The number of amides is 2.